The molecule has 0 radical (unpaired) electrons. The van der Waals surface area contributed by atoms with E-state index in [1.54, 1.807) is 23.6 Å². The van der Waals surface area contributed by atoms with Gasteiger partial charge in [0, 0.05) is 10.4 Å². The average molecular weight is 463 g/mol. The maximum absolute atomic E-state index is 12.8. The summed E-state index contributed by atoms with van der Waals surface area (Å²) in [6.45, 7) is 2.04. The van der Waals surface area contributed by atoms with Gasteiger partial charge in [0.05, 0.1) is 17.6 Å². The monoisotopic (exact) mass is 462 g/mol. The lowest BCUT2D eigenvalue weighted by Gasteiger charge is -2.09. The molecule has 6 heteroatoms. The number of hydrogen-bond donors (Lipinski definition) is 1. The minimum absolute atomic E-state index is 0.298. The molecule has 2 heterocycles. The quantitative estimate of drug-likeness (QED) is 0.236. The van der Waals surface area contributed by atoms with Crippen molar-refractivity contribution in [2.24, 2.45) is 5.10 Å². The van der Waals surface area contributed by atoms with Crippen molar-refractivity contribution in [1.82, 2.24) is 15.2 Å². The number of carbonyl (C=O) groups is 1. The second-order valence-corrected chi connectivity index (χ2v) is 8.80. The molecule has 0 saturated carbocycles. The third-order valence-electron chi connectivity index (χ3n) is 5.38. The van der Waals surface area contributed by atoms with Gasteiger partial charge in [-0.1, -0.05) is 72.8 Å². The first-order valence-corrected chi connectivity index (χ1v) is 11.8. The van der Waals surface area contributed by atoms with E-state index in [9.17, 15) is 4.79 Å². The van der Waals surface area contributed by atoms with Gasteiger partial charge in [-0.3, -0.25) is 4.79 Å². The predicted molar refractivity (Wildman–Crippen MR) is 139 cm³/mol. The number of benzene rings is 3. The third-order valence-corrected chi connectivity index (χ3v) is 6.18. The van der Waals surface area contributed by atoms with Crippen LogP contribution in [0.1, 0.15) is 20.9 Å². The minimum atomic E-state index is -0.360. The molecule has 0 bridgehead atoms. The third kappa shape index (κ3) is 4.72. The first-order valence-electron chi connectivity index (χ1n) is 10.9. The van der Waals surface area contributed by atoms with Crippen LogP contribution in [0.15, 0.2) is 108 Å². The number of hydrogen-bond acceptors (Lipinski definition) is 4. The number of nitrogens with zero attached hydrogens (tertiary/aromatic N) is 3. The van der Waals surface area contributed by atoms with E-state index in [1.807, 2.05) is 71.6 Å². The van der Waals surface area contributed by atoms with E-state index >= 15 is 0 Å². The molecule has 34 heavy (non-hydrogen) atoms. The Balaban J connectivity index is 1.49. The second kappa shape index (κ2) is 9.68. The lowest BCUT2D eigenvalue weighted by molar-refractivity contribution is 0.0949. The Morgan fingerprint density at radius 1 is 0.882 bits per heavy atom. The van der Waals surface area contributed by atoms with E-state index < -0.39 is 0 Å². The molecule has 166 valence electrons. The number of amides is 1. The van der Waals surface area contributed by atoms with Gasteiger partial charge >= 0.3 is 0 Å². The van der Waals surface area contributed by atoms with Crippen molar-refractivity contribution in [1.29, 1.82) is 0 Å². The Hall–Kier alpha value is -4.29. The zero-order valence-corrected chi connectivity index (χ0v) is 19.4. The van der Waals surface area contributed by atoms with Gasteiger partial charge in [-0.25, -0.2) is 10.1 Å². The number of rotatable bonds is 6. The molecule has 5 aromatic rings. The Morgan fingerprint density at radius 3 is 2.38 bits per heavy atom. The van der Waals surface area contributed by atoms with Crippen molar-refractivity contribution in [3.05, 3.63) is 119 Å². The molecule has 0 saturated heterocycles. The topological polar surface area (TPSA) is 59.3 Å². The summed E-state index contributed by atoms with van der Waals surface area (Å²) in [5.41, 5.74) is 8.98. The molecule has 0 aliphatic carbocycles. The standard InChI is InChI=1S/C28H22N4OS/c1-20-7-5-10-24(17-20)32-27(23-14-12-22(13-15-23)21-8-3-2-4-9-21)18-26(31-32)28(33)30-29-19-25-11-6-16-34-25/h2-19H,1H3,(H,30,33)/b29-19-. The highest BCUT2D eigenvalue weighted by Gasteiger charge is 2.17. The van der Waals surface area contributed by atoms with Gasteiger partial charge in [-0.05, 0) is 53.3 Å². The van der Waals surface area contributed by atoms with E-state index in [-0.39, 0.29) is 5.91 Å². The van der Waals surface area contributed by atoms with E-state index in [1.165, 1.54) is 0 Å². The Morgan fingerprint density at radius 2 is 1.65 bits per heavy atom. The zero-order chi connectivity index (χ0) is 23.3. The highest BCUT2D eigenvalue weighted by Crippen LogP contribution is 2.27. The first kappa shape index (κ1) is 21.6. The molecule has 5 nitrogen and oxygen atoms in total. The lowest BCUT2D eigenvalue weighted by Crippen LogP contribution is -2.18. The summed E-state index contributed by atoms with van der Waals surface area (Å²) in [7, 11) is 0. The van der Waals surface area contributed by atoms with Crippen molar-refractivity contribution < 1.29 is 4.79 Å². The molecule has 0 unspecified atom stereocenters. The van der Waals surface area contributed by atoms with Gasteiger partial charge in [0.1, 0.15) is 0 Å². The summed E-state index contributed by atoms with van der Waals surface area (Å²) < 4.78 is 1.81. The number of aryl methyl sites for hydroxylation is 1. The molecule has 2 aromatic heterocycles. The van der Waals surface area contributed by atoms with Crippen molar-refractivity contribution in [3.63, 3.8) is 0 Å². The van der Waals surface area contributed by atoms with Gasteiger partial charge in [-0.2, -0.15) is 10.2 Å². The van der Waals surface area contributed by atoms with Crippen molar-refractivity contribution in [2.75, 3.05) is 0 Å². The van der Waals surface area contributed by atoms with Gasteiger partial charge in [0.15, 0.2) is 5.69 Å². The molecule has 5 rings (SSSR count). The van der Waals surface area contributed by atoms with Crippen LogP contribution < -0.4 is 5.43 Å². The zero-order valence-electron chi connectivity index (χ0n) is 18.6. The molecule has 0 spiro atoms. The Labute approximate surface area is 202 Å². The summed E-state index contributed by atoms with van der Waals surface area (Å²) in [4.78, 5) is 13.8. The fourth-order valence-corrected chi connectivity index (χ4v) is 4.28. The van der Waals surface area contributed by atoms with Crippen LogP contribution in [0.5, 0.6) is 0 Å². The van der Waals surface area contributed by atoms with E-state index in [0.29, 0.717) is 5.69 Å². The van der Waals surface area contributed by atoms with Crippen LogP contribution >= 0.6 is 11.3 Å². The highest BCUT2D eigenvalue weighted by atomic mass is 32.1. The molecule has 0 aliphatic heterocycles. The van der Waals surface area contributed by atoms with Gasteiger partial charge in [0.25, 0.3) is 5.91 Å². The van der Waals surface area contributed by atoms with Crippen LogP contribution in [0.2, 0.25) is 0 Å². The molecular weight excluding hydrogens is 440 g/mol. The van der Waals surface area contributed by atoms with Crippen LogP contribution in [0.3, 0.4) is 0 Å². The molecule has 0 atom stereocenters. The smallest absolute Gasteiger partial charge is 0.265 e. The van der Waals surface area contributed by atoms with Crippen molar-refractivity contribution in [2.45, 2.75) is 6.92 Å². The minimum Gasteiger partial charge on any atom is -0.265 e. The molecule has 1 amide bonds. The highest BCUT2D eigenvalue weighted by molar-refractivity contribution is 7.11. The van der Waals surface area contributed by atoms with Crippen LogP contribution in [0, 0.1) is 6.92 Å². The average Bonchev–Trinajstić information content (AvgIpc) is 3.55. The van der Waals surface area contributed by atoms with Crippen molar-refractivity contribution in [3.8, 4) is 28.1 Å². The first-order chi connectivity index (χ1) is 16.7. The summed E-state index contributed by atoms with van der Waals surface area (Å²) in [6, 6.07) is 32.3. The molecule has 3 aromatic carbocycles. The molecular formula is C28H22N4OS. The lowest BCUT2D eigenvalue weighted by atomic mass is 10.0. The number of nitrogens with one attached hydrogen (secondary N) is 1. The number of hydrazone groups is 1. The molecule has 1 N–H and O–H groups in total. The summed E-state index contributed by atoms with van der Waals surface area (Å²) >= 11 is 1.55. The van der Waals surface area contributed by atoms with Gasteiger partial charge < -0.3 is 0 Å². The summed E-state index contributed by atoms with van der Waals surface area (Å²) in [5, 5.41) is 10.7. The van der Waals surface area contributed by atoms with Crippen LogP contribution in [0.4, 0.5) is 0 Å². The number of carbonyl (C=O) groups excluding carboxylic acids is 1. The van der Waals surface area contributed by atoms with Crippen molar-refractivity contribution >= 4 is 23.5 Å². The van der Waals surface area contributed by atoms with E-state index in [0.717, 1.165) is 38.5 Å². The Kier molecular flexibility index (Phi) is 6.14. The predicted octanol–water partition coefficient (Wildman–Crippen LogP) is 6.34. The van der Waals surface area contributed by atoms with E-state index in [4.69, 9.17) is 0 Å². The van der Waals surface area contributed by atoms with Crippen LogP contribution in [-0.2, 0) is 0 Å². The van der Waals surface area contributed by atoms with Gasteiger partial charge in [0.2, 0.25) is 0 Å². The Bertz CT molecular complexity index is 1440. The maximum Gasteiger partial charge on any atom is 0.291 e. The summed E-state index contributed by atoms with van der Waals surface area (Å²) in [6.07, 6.45) is 1.63. The maximum atomic E-state index is 12.8. The SMILES string of the molecule is Cc1cccc(-n2nc(C(=O)N/N=C\c3cccs3)cc2-c2ccc(-c3ccccc3)cc2)c1. The fourth-order valence-electron chi connectivity index (χ4n) is 3.69. The largest absolute Gasteiger partial charge is 0.291 e. The normalized spacial score (nSPS) is 11.1. The van der Waals surface area contributed by atoms with E-state index in [2.05, 4.69) is 52.0 Å². The summed E-state index contributed by atoms with van der Waals surface area (Å²) in [5.74, 6) is -0.360. The molecule has 0 fully saturated rings. The van der Waals surface area contributed by atoms with Gasteiger partial charge in [-0.15, -0.1) is 11.3 Å². The second-order valence-electron chi connectivity index (χ2n) is 7.82. The fraction of sp³-hybridized carbons (Fsp3) is 0.0357. The number of thiophene rings is 1. The van der Waals surface area contributed by atoms with Crippen LogP contribution in [0.25, 0.3) is 28.1 Å². The number of aromatic nitrogens is 2. The molecule has 0 aliphatic rings. The van der Waals surface area contributed by atoms with Crippen LogP contribution in [-0.4, -0.2) is 21.9 Å².